The molecular weight excluding hydrogens is 558 g/mol. The molecule has 4 aromatic rings. The highest BCUT2D eigenvalue weighted by molar-refractivity contribution is 9.10. The minimum Gasteiger partial charge on any atom is -0.272 e. The largest absolute Gasteiger partial charge is 0.288 e. The van der Waals surface area contributed by atoms with Crippen LogP contribution in [0.15, 0.2) is 81.7 Å². The van der Waals surface area contributed by atoms with Crippen LogP contribution in [0.3, 0.4) is 0 Å². The number of carbonyl (C=O) groups excluding carboxylic acids is 1. The fourth-order valence-corrected chi connectivity index (χ4v) is 4.16. The number of hydrogen-bond donors (Lipinski definition) is 1. The minimum atomic E-state index is -0.587. The molecule has 0 spiro atoms. The predicted octanol–water partition coefficient (Wildman–Crippen LogP) is 4.90. The molecular formula is C22H15BrClN7O3S. The zero-order valence-corrected chi connectivity index (χ0v) is 20.9. The molecule has 2 aromatic carbocycles. The van der Waals surface area contributed by atoms with Crippen LogP contribution in [0, 0.1) is 10.1 Å². The van der Waals surface area contributed by atoms with Gasteiger partial charge in [-0.2, -0.15) is 5.10 Å². The van der Waals surface area contributed by atoms with Crippen molar-refractivity contribution in [3.8, 4) is 17.1 Å². The van der Waals surface area contributed by atoms with E-state index in [4.69, 9.17) is 11.6 Å². The minimum absolute atomic E-state index is 0.0170. The molecule has 0 aliphatic rings. The lowest BCUT2D eigenvalue weighted by Gasteiger charge is -2.10. The Morgan fingerprint density at radius 1 is 1.17 bits per heavy atom. The molecule has 35 heavy (non-hydrogen) atoms. The highest BCUT2D eigenvalue weighted by Gasteiger charge is 2.17. The lowest BCUT2D eigenvalue weighted by atomic mass is 10.2. The zero-order valence-electron chi connectivity index (χ0n) is 17.7. The average molecular weight is 573 g/mol. The number of hydrazone groups is 1. The number of benzene rings is 2. The van der Waals surface area contributed by atoms with Crippen molar-refractivity contribution in [2.45, 2.75) is 5.16 Å². The normalized spacial score (nSPS) is 11.0. The fourth-order valence-electron chi connectivity index (χ4n) is 2.97. The number of rotatable bonds is 8. The molecule has 4 rings (SSSR count). The van der Waals surface area contributed by atoms with Crippen LogP contribution in [0.5, 0.6) is 0 Å². The summed E-state index contributed by atoms with van der Waals surface area (Å²) in [5, 5.41) is 24.0. The van der Waals surface area contributed by atoms with Crippen molar-refractivity contribution in [2.24, 2.45) is 5.10 Å². The number of nitrogens with one attached hydrogen (secondary N) is 1. The van der Waals surface area contributed by atoms with Gasteiger partial charge in [-0.15, -0.1) is 10.2 Å². The molecule has 0 unspecified atom stereocenters. The summed E-state index contributed by atoms with van der Waals surface area (Å²) in [5.74, 6) is 0.244. The van der Waals surface area contributed by atoms with E-state index in [0.29, 0.717) is 16.5 Å². The highest BCUT2D eigenvalue weighted by atomic mass is 79.9. The molecule has 0 atom stereocenters. The number of pyridine rings is 1. The first-order chi connectivity index (χ1) is 16.9. The second kappa shape index (κ2) is 11.2. The second-order valence-corrected chi connectivity index (χ2v) is 9.17. The number of nitrogens with zero attached hydrogens (tertiary/aromatic N) is 6. The van der Waals surface area contributed by atoms with E-state index < -0.39 is 4.92 Å². The number of aromatic nitrogens is 4. The van der Waals surface area contributed by atoms with Crippen LogP contribution >= 0.6 is 39.3 Å². The molecule has 0 saturated heterocycles. The predicted molar refractivity (Wildman–Crippen MR) is 137 cm³/mol. The molecule has 176 valence electrons. The lowest BCUT2D eigenvalue weighted by Crippen LogP contribution is -2.20. The number of nitro benzene ring substituents is 1. The van der Waals surface area contributed by atoms with Crippen molar-refractivity contribution in [1.82, 2.24) is 25.2 Å². The van der Waals surface area contributed by atoms with Crippen LogP contribution in [-0.4, -0.2) is 42.5 Å². The average Bonchev–Trinajstić information content (AvgIpc) is 3.28. The monoisotopic (exact) mass is 571 g/mol. The Morgan fingerprint density at radius 3 is 2.63 bits per heavy atom. The number of nitro groups is 1. The van der Waals surface area contributed by atoms with Gasteiger partial charge in [0, 0.05) is 39.7 Å². The van der Waals surface area contributed by atoms with Gasteiger partial charge in [-0.25, -0.2) is 5.43 Å². The summed E-state index contributed by atoms with van der Waals surface area (Å²) in [7, 11) is 0. The summed E-state index contributed by atoms with van der Waals surface area (Å²) in [6.07, 6.45) is 4.64. The van der Waals surface area contributed by atoms with Crippen LogP contribution in [0.1, 0.15) is 5.56 Å². The summed E-state index contributed by atoms with van der Waals surface area (Å²) in [4.78, 5) is 26.8. The van der Waals surface area contributed by atoms with Gasteiger partial charge in [0.15, 0.2) is 11.0 Å². The summed E-state index contributed by atoms with van der Waals surface area (Å²) in [6.45, 7) is 0. The highest BCUT2D eigenvalue weighted by Crippen LogP contribution is 2.28. The molecule has 13 heteroatoms. The number of thioether (sulfide) groups is 1. The Bertz CT molecular complexity index is 1400. The molecule has 0 saturated carbocycles. The van der Waals surface area contributed by atoms with Gasteiger partial charge in [0.2, 0.25) is 0 Å². The maximum atomic E-state index is 12.4. The molecule has 0 aliphatic heterocycles. The third-order valence-electron chi connectivity index (χ3n) is 4.56. The van der Waals surface area contributed by atoms with Crippen LogP contribution < -0.4 is 5.43 Å². The molecule has 10 nitrogen and oxygen atoms in total. The van der Waals surface area contributed by atoms with Crippen molar-refractivity contribution in [1.29, 1.82) is 0 Å². The third kappa shape index (κ3) is 6.10. The number of carbonyl (C=O) groups is 1. The van der Waals surface area contributed by atoms with E-state index in [1.165, 1.54) is 30.1 Å². The van der Waals surface area contributed by atoms with Crippen molar-refractivity contribution in [3.05, 3.63) is 92.2 Å². The summed E-state index contributed by atoms with van der Waals surface area (Å²) in [6, 6.07) is 15.5. The first-order valence-electron chi connectivity index (χ1n) is 9.93. The van der Waals surface area contributed by atoms with Gasteiger partial charge in [-0.05, 0) is 42.5 Å². The van der Waals surface area contributed by atoms with E-state index >= 15 is 0 Å². The molecule has 1 N–H and O–H groups in total. The van der Waals surface area contributed by atoms with E-state index in [2.05, 4.69) is 41.6 Å². The molecule has 2 aromatic heterocycles. The van der Waals surface area contributed by atoms with E-state index in [9.17, 15) is 14.9 Å². The molecule has 0 bridgehead atoms. The maximum absolute atomic E-state index is 12.4. The van der Waals surface area contributed by atoms with E-state index in [0.717, 1.165) is 15.7 Å². The number of amides is 1. The fraction of sp³-hybridized carbons (Fsp3) is 0.0455. The van der Waals surface area contributed by atoms with E-state index in [-0.39, 0.29) is 22.4 Å². The van der Waals surface area contributed by atoms with Crippen molar-refractivity contribution < 1.29 is 9.72 Å². The molecule has 0 radical (unpaired) electrons. The number of halogens is 2. The summed E-state index contributed by atoms with van der Waals surface area (Å²) in [5.41, 5.74) is 4.24. The Morgan fingerprint density at radius 2 is 1.91 bits per heavy atom. The Labute approximate surface area is 216 Å². The van der Waals surface area contributed by atoms with Gasteiger partial charge in [-0.1, -0.05) is 45.4 Å². The molecule has 2 heterocycles. The molecule has 1 amide bonds. The quantitative estimate of drug-likeness (QED) is 0.138. The Balaban J connectivity index is 1.48. The van der Waals surface area contributed by atoms with Crippen LogP contribution in [0.2, 0.25) is 5.02 Å². The van der Waals surface area contributed by atoms with Gasteiger partial charge >= 0.3 is 0 Å². The standard InChI is InChI=1S/C22H15BrClN7O3S/c23-16-2-4-17(5-3-16)30-21(15-7-9-25-10-8-15)28-29-22(30)35-13-20(32)27-26-12-14-1-6-18(24)19(11-14)31(33)34/h1-12H,13H2,(H,27,32)/b26-12-. The van der Waals surface area contributed by atoms with Gasteiger partial charge < -0.3 is 0 Å². The Kier molecular flexibility index (Phi) is 7.85. The van der Waals surface area contributed by atoms with Gasteiger partial charge in [-0.3, -0.25) is 24.5 Å². The third-order valence-corrected chi connectivity index (χ3v) is 6.34. The van der Waals surface area contributed by atoms with E-state index in [1.807, 2.05) is 41.0 Å². The first-order valence-corrected chi connectivity index (χ1v) is 12.1. The molecule has 0 fully saturated rings. The van der Waals surface area contributed by atoms with Crippen molar-refractivity contribution in [2.75, 3.05) is 5.75 Å². The number of hydrogen-bond acceptors (Lipinski definition) is 8. The topological polar surface area (TPSA) is 128 Å². The van der Waals surface area contributed by atoms with Crippen LogP contribution in [-0.2, 0) is 4.79 Å². The first kappa shape index (κ1) is 24.5. The summed E-state index contributed by atoms with van der Waals surface area (Å²) >= 11 is 10.4. The van der Waals surface area contributed by atoms with Gasteiger partial charge in [0.05, 0.1) is 16.9 Å². The maximum Gasteiger partial charge on any atom is 0.288 e. The van der Waals surface area contributed by atoms with E-state index in [1.54, 1.807) is 18.5 Å². The SMILES string of the molecule is O=C(CSc1nnc(-c2ccncc2)n1-c1ccc(Br)cc1)N/N=C\c1ccc(Cl)c([N+](=O)[O-])c1. The van der Waals surface area contributed by atoms with Gasteiger partial charge in [0.1, 0.15) is 5.02 Å². The molecule has 0 aliphatic carbocycles. The zero-order chi connectivity index (χ0) is 24.8. The Hall–Kier alpha value is -3.61. The smallest absolute Gasteiger partial charge is 0.272 e. The lowest BCUT2D eigenvalue weighted by molar-refractivity contribution is -0.384. The summed E-state index contributed by atoms with van der Waals surface area (Å²) < 4.78 is 2.78. The van der Waals surface area contributed by atoms with Crippen LogP contribution in [0.25, 0.3) is 17.1 Å². The van der Waals surface area contributed by atoms with Crippen LogP contribution in [0.4, 0.5) is 5.69 Å². The van der Waals surface area contributed by atoms with Crippen molar-refractivity contribution in [3.63, 3.8) is 0 Å². The van der Waals surface area contributed by atoms with Crippen molar-refractivity contribution >= 4 is 57.1 Å². The van der Waals surface area contributed by atoms with Gasteiger partial charge in [0.25, 0.3) is 11.6 Å². The second-order valence-electron chi connectivity index (χ2n) is 6.90.